The molecule has 0 saturated carbocycles. The summed E-state index contributed by atoms with van der Waals surface area (Å²) in [5.74, 6) is -0.363. The summed E-state index contributed by atoms with van der Waals surface area (Å²) in [5, 5.41) is 10.0. The highest BCUT2D eigenvalue weighted by Crippen LogP contribution is 2.29. The minimum atomic E-state index is -3.19. The first kappa shape index (κ1) is 30.6. The first-order chi connectivity index (χ1) is 15.4. The van der Waals surface area contributed by atoms with Crippen molar-refractivity contribution < 1.29 is 22.8 Å². The van der Waals surface area contributed by atoms with E-state index in [1.54, 1.807) is 44.5 Å². The Morgan fingerprint density at radius 1 is 0.939 bits per heavy atom. The predicted molar refractivity (Wildman–Crippen MR) is 137 cm³/mol. The molecule has 1 aromatic heterocycles. The Hall–Kier alpha value is -2.38. The van der Waals surface area contributed by atoms with Gasteiger partial charge in [0.2, 0.25) is 5.91 Å². The summed E-state index contributed by atoms with van der Waals surface area (Å²) < 4.78 is 28.5. The number of carbonyl (C=O) groups excluding carboxylic acids is 1. The van der Waals surface area contributed by atoms with Crippen molar-refractivity contribution >= 4 is 37.7 Å². The van der Waals surface area contributed by atoms with Gasteiger partial charge in [-0.1, -0.05) is 92.3 Å². The maximum atomic E-state index is 11.5. The summed E-state index contributed by atoms with van der Waals surface area (Å²) in [6.07, 6.45) is 6.52. The van der Waals surface area contributed by atoms with E-state index in [9.17, 15) is 13.2 Å². The second-order valence-corrected chi connectivity index (χ2v) is 10.8. The molecule has 0 atom stereocenters. The molecule has 0 bridgehead atoms. The number of amides is 1. The highest BCUT2D eigenvalue weighted by atomic mass is 32.2. The number of sulfone groups is 1. The molecule has 3 aromatic rings. The Bertz CT molecular complexity index is 1080. The summed E-state index contributed by atoms with van der Waals surface area (Å²) in [4.78, 5) is 10.8. The zero-order valence-electron chi connectivity index (χ0n) is 21.4. The van der Waals surface area contributed by atoms with Gasteiger partial charge in [-0.25, -0.2) is 13.9 Å². The zero-order valence-corrected chi connectivity index (χ0v) is 22.2. The summed E-state index contributed by atoms with van der Waals surface area (Å²) in [5.41, 5.74) is 2.45. The van der Waals surface area contributed by atoms with E-state index in [-0.39, 0.29) is 10.8 Å². The molecule has 1 heterocycles. The minimum absolute atomic E-state index is 0.282. The molecule has 0 spiro atoms. The van der Waals surface area contributed by atoms with Crippen molar-refractivity contribution in [3.63, 3.8) is 0 Å². The molecule has 0 saturated heterocycles. The van der Waals surface area contributed by atoms with E-state index in [1.165, 1.54) is 31.9 Å². The van der Waals surface area contributed by atoms with Crippen molar-refractivity contribution in [1.82, 2.24) is 5.48 Å². The van der Waals surface area contributed by atoms with Gasteiger partial charge in [0.25, 0.3) is 0 Å². The topological polar surface area (TPSA) is 96.6 Å². The SMILES string of the molecule is CC(C)(C)C(=O)NO.CCC.CCCCC.CS(=O)(=O)c1ccc2c(c1)oc1ccccc12. The molecule has 0 aliphatic rings. The summed E-state index contributed by atoms with van der Waals surface area (Å²) in [6.45, 7) is 13.8. The molecule has 33 heavy (non-hydrogen) atoms. The summed E-state index contributed by atoms with van der Waals surface area (Å²) in [7, 11) is -3.19. The largest absolute Gasteiger partial charge is 0.456 e. The molecular formula is C26H41NO5S. The highest BCUT2D eigenvalue weighted by Gasteiger charge is 2.19. The lowest BCUT2D eigenvalue weighted by atomic mass is 9.96. The first-order valence-electron chi connectivity index (χ1n) is 11.4. The highest BCUT2D eigenvalue weighted by molar-refractivity contribution is 7.90. The number of benzene rings is 2. The Morgan fingerprint density at radius 3 is 1.85 bits per heavy atom. The summed E-state index contributed by atoms with van der Waals surface area (Å²) in [6, 6.07) is 12.6. The minimum Gasteiger partial charge on any atom is -0.456 e. The molecule has 0 radical (unpaired) electrons. The Labute approximate surface area is 199 Å². The van der Waals surface area contributed by atoms with Gasteiger partial charge in [-0.3, -0.25) is 10.0 Å². The maximum Gasteiger partial charge on any atom is 0.248 e. The Kier molecular flexibility index (Phi) is 13.6. The molecule has 2 aromatic carbocycles. The van der Waals surface area contributed by atoms with Crippen LogP contribution in [0.3, 0.4) is 0 Å². The average Bonchev–Trinajstić information content (AvgIpc) is 3.12. The normalized spacial score (nSPS) is 10.8. The van der Waals surface area contributed by atoms with Crippen LogP contribution in [0.4, 0.5) is 0 Å². The molecule has 3 rings (SSSR count). The van der Waals surface area contributed by atoms with Gasteiger partial charge < -0.3 is 4.42 Å². The number of hydroxylamine groups is 1. The standard InChI is InChI=1S/C13H10O3S.C5H11NO2.C5H12.C3H8/c1-17(14,15)9-6-7-11-10-4-2-3-5-12(10)16-13(11)8-9;1-5(2,3)4(7)6-8;1-3-5-4-2;1-3-2/h2-8H,1H3;8H,1-3H3,(H,6,7);3-5H2,1-2H3;3H2,1-2H3. The zero-order chi connectivity index (χ0) is 25.7. The molecule has 0 aliphatic carbocycles. The Balaban J connectivity index is 0.000000537. The predicted octanol–water partition coefficient (Wildman–Crippen LogP) is 7.14. The van der Waals surface area contributed by atoms with E-state index >= 15 is 0 Å². The van der Waals surface area contributed by atoms with Crippen molar-refractivity contribution in [3.8, 4) is 0 Å². The van der Waals surface area contributed by atoms with Gasteiger partial charge >= 0.3 is 0 Å². The molecule has 0 unspecified atom stereocenters. The molecule has 0 fully saturated rings. The quantitative estimate of drug-likeness (QED) is 0.307. The molecule has 0 aliphatic heterocycles. The van der Waals surface area contributed by atoms with Crippen molar-refractivity contribution in [1.29, 1.82) is 0 Å². The van der Waals surface area contributed by atoms with Gasteiger partial charge in [-0.15, -0.1) is 0 Å². The molecule has 2 N–H and O–H groups in total. The van der Waals surface area contributed by atoms with E-state index < -0.39 is 15.3 Å². The number of fused-ring (bicyclic) bond motifs is 3. The fourth-order valence-corrected chi connectivity index (χ4v) is 3.09. The number of unbranched alkanes of at least 4 members (excludes halogenated alkanes) is 2. The number of carbonyl (C=O) groups is 1. The molecular weight excluding hydrogens is 438 g/mol. The number of para-hydroxylation sites is 1. The van der Waals surface area contributed by atoms with Gasteiger partial charge in [0, 0.05) is 28.5 Å². The van der Waals surface area contributed by atoms with Crippen LogP contribution >= 0.6 is 0 Å². The number of hydrogen-bond donors (Lipinski definition) is 2. The van der Waals surface area contributed by atoms with Crippen LogP contribution in [-0.4, -0.2) is 25.8 Å². The molecule has 6 nitrogen and oxygen atoms in total. The Morgan fingerprint density at radius 2 is 1.45 bits per heavy atom. The third-order valence-corrected chi connectivity index (χ3v) is 5.38. The number of furan rings is 1. The van der Waals surface area contributed by atoms with Gasteiger partial charge in [0.15, 0.2) is 9.84 Å². The van der Waals surface area contributed by atoms with Gasteiger partial charge in [-0.2, -0.15) is 0 Å². The van der Waals surface area contributed by atoms with Gasteiger partial charge in [-0.05, 0) is 18.2 Å². The van der Waals surface area contributed by atoms with E-state index in [4.69, 9.17) is 9.62 Å². The van der Waals surface area contributed by atoms with Crippen LogP contribution in [0.25, 0.3) is 21.9 Å². The number of nitrogens with one attached hydrogen (secondary N) is 1. The maximum absolute atomic E-state index is 11.5. The van der Waals surface area contributed by atoms with Crippen molar-refractivity contribution in [3.05, 3.63) is 42.5 Å². The second kappa shape index (κ2) is 14.7. The lowest BCUT2D eigenvalue weighted by Crippen LogP contribution is -2.32. The fraction of sp³-hybridized carbons (Fsp3) is 0.500. The summed E-state index contributed by atoms with van der Waals surface area (Å²) >= 11 is 0. The fourth-order valence-electron chi connectivity index (χ4n) is 2.46. The van der Waals surface area contributed by atoms with E-state index in [0.717, 1.165) is 16.4 Å². The van der Waals surface area contributed by atoms with Crippen LogP contribution in [0, 0.1) is 5.41 Å². The third kappa shape index (κ3) is 10.9. The average molecular weight is 480 g/mol. The van der Waals surface area contributed by atoms with Crippen LogP contribution in [0.2, 0.25) is 0 Å². The smallest absolute Gasteiger partial charge is 0.248 e. The van der Waals surface area contributed by atoms with Crippen LogP contribution in [-0.2, 0) is 14.6 Å². The van der Waals surface area contributed by atoms with Crippen molar-refractivity contribution in [2.75, 3.05) is 6.26 Å². The van der Waals surface area contributed by atoms with Gasteiger partial charge in [0.05, 0.1) is 4.90 Å². The van der Waals surface area contributed by atoms with Crippen molar-refractivity contribution in [2.24, 2.45) is 5.41 Å². The van der Waals surface area contributed by atoms with Gasteiger partial charge in [0.1, 0.15) is 11.2 Å². The van der Waals surface area contributed by atoms with Crippen LogP contribution in [0.15, 0.2) is 51.8 Å². The van der Waals surface area contributed by atoms with Crippen molar-refractivity contribution in [2.45, 2.75) is 79.0 Å². The van der Waals surface area contributed by atoms with E-state index in [0.29, 0.717) is 5.58 Å². The molecule has 1 amide bonds. The monoisotopic (exact) mass is 479 g/mol. The van der Waals surface area contributed by atoms with Crippen LogP contribution in [0.5, 0.6) is 0 Å². The lowest BCUT2D eigenvalue weighted by Gasteiger charge is -2.13. The number of hydrogen-bond acceptors (Lipinski definition) is 5. The lowest BCUT2D eigenvalue weighted by molar-refractivity contribution is -0.137. The van der Waals surface area contributed by atoms with Crippen LogP contribution in [0.1, 0.15) is 74.1 Å². The van der Waals surface area contributed by atoms with Crippen LogP contribution < -0.4 is 5.48 Å². The number of rotatable bonds is 3. The van der Waals surface area contributed by atoms with E-state index in [2.05, 4.69) is 27.7 Å². The molecule has 186 valence electrons. The molecule has 7 heteroatoms. The van der Waals surface area contributed by atoms with E-state index in [1.807, 2.05) is 24.3 Å². The second-order valence-electron chi connectivity index (χ2n) is 8.78. The first-order valence-corrected chi connectivity index (χ1v) is 13.3. The third-order valence-electron chi connectivity index (χ3n) is 4.27.